The van der Waals surface area contributed by atoms with Crippen LogP contribution in [0.2, 0.25) is 0 Å². The molecule has 162 valence electrons. The van der Waals surface area contributed by atoms with Crippen molar-refractivity contribution in [3.8, 4) is 11.8 Å². The Kier molecular flexibility index (Phi) is 7.74. The van der Waals surface area contributed by atoms with Crippen LogP contribution < -0.4 is 5.43 Å². The monoisotopic (exact) mass is 422 g/mol. The van der Waals surface area contributed by atoms with Crippen molar-refractivity contribution in [2.45, 2.75) is 44.7 Å². The Morgan fingerprint density at radius 2 is 1.44 bits per heavy atom. The zero-order chi connectivity index (χ0) is 22.0. The zero-order valence-electron chi connectivity index (χ0n) is 18.4. The fraction of sp³-hybridized carbons (Fsp3) is 0.276. The molecule has 0 radical (unpaired) electrons. The van der Waals surface area contributed by atoms with Crippen LogP contribution in [0.25, 0.3) is 0 Å². The molecular weight excluding hydrogens is 392 g/mol. The molecule has 0 aromatic heterocycles. The highest BCUT2D eigenvalue weighted by atomic mass is 16.2. The number of hydrogen-bond donors (Lipinski definition) is 1. The topological polar surface area (TPSA) is 32.3 Å². The number of nitrogens with one attached hydrogen (secondary N) is 1. The van der Waals surface area contributed by atoms with Crippen molar-refractivity contribution in [2.75, 3.05) is 0 Å². The van der Waals surface area contributed by atoms with E-state index in [0.717, 1.165) is 24.0 Å². The Morgan fingerprint density at radius 1 is 0.844 bits per heavy atom. The van der Waals surface area contributed by atoms with E-state index in [2.05, 4.69) is 34.4 Å². The van der Waals surface area contributed by atoms with Crippen LogP contribution >= 0.6 is 0 Å². The van der Waals surface area contributed by atoms with Gasteiger partial charge in [0, 0.05) is 17.7 Å². The minimum Gasteiger partial charge on any atom is -0.283 e. The minimum atomic E-state index is -0.0937. The van der Waals surface area contributed by atoms with E-state index >= 15 is 0 Å². The maximum Gasteiger partial charge on any atom is 0.265 e. The first-order chi connectivity index (χ1) is 15.8. The summed E-state index contributed by atoms with van der Waals surface area (Å²) in [6.45, 7) is 0.615. The number of carbonyl (C=O) groups is 1. The van der Waals surface area contributed by atoms with E-state index in [1.807, 2.05) is 78.9 Å². The van der Waals surface area contributed by atoms with Gasteiger partial charge in [-0.25, -0.2) is 5.01 Å². The molecule has 3 aromatic rings. The highest BCUT2D eigenvalue weighted by Gasteiger charge is 2.29. The zero-order valence-corrected chi connectivity index (χ0v) is 18.4. The van der Waals surface area contributed by atoms with Crippen molar-refractivity contribution in [2.24, 2.45) is 5.92 Å². The van der Waals surface area contributed by atoms with Crippen LogP contribution in [-0.4, -0.2) is 17.0 Å². The van der Waals surface area contributed by atoms with Gasteiger partial charge < -0.3 is 0 Å². The van der Waals surface area contributed by atoms with Crippen molar-refractivity contribution >= 4 is 5.91 Å². The van der Waals surface area contributed by atoms with Crippen molar-refractivity contribution in [1.82, 2.24) is 10.4 Å². The maximum absolute atomic E-state index is 13.1. The highest BCUT2D eigenvalue weighted by Crippen LogP contribution is 2.29. The van der Waals surface area contributed by atoms with E-state index < -0.39 is 0 Å². The van der Waals surface area contributed by atoms with Gasteiger partial charge in [-0.1, -0.05) is 97.8 Å². The third-order valence-corrected chi connectivity index (χ3v) is 6.05. The van der Waals surface area contributed by atoms with Gasteiger partial charge in [-0.15, -0.1) is 0 Å². The van der Waals surface area contributed by atoms with Crippen LogP contribution in [-0.2, 0) is 6.54 Å². The molecular formula is C29H30N2O. The van der Waals surface area contributed by atoms with Crippen LogP contribution in [0, 0.1) is 17.8 Å². The van der Waals surface area contributed by atoms with Crippen molar-refractivity contribution in [3.63, 3.8) is 0 Å². The van der Waals surface area contributed by atoms with Gasteiger partial charge >= 0.3 is 0 Å². The average Bonchev–Trinajstić information content (AvgIpc) is 2.86. The molecule has 0 bridgehead atoms. The van der Waals surface area contributed by atoms with Gasteiger partial charge in [0.15, 0.2) is 0 Å². The van der Waals surface area contributed by atoms with Crippen LogP contribution in [0.5, 0.6) is 0 Å². The van der Waals surface area contributed by atoms with Gasteiger partial charge in [0.25, 0.3) is 5.91 Å². The number of amides is 1. The smallest absolute Gasteiger partial charge is 0.265 e. The molecule has 1 N–H and O–H groups in total. The number of rotatable bonds is 6. The fourth-order valence-corrected chi connectivity index (χ4v) is 4.35. The van der Waals surface area contributed by atoms with Crippen molar-refractivity contribution in [3.05, 3.63) is 108 Å². The van der Waals surface area contributed by atoms with Crippen molar-refractivity contribution < 1.29 is 4.79 Å². The lowest BCUT2D eigenvalue weighted by molar-refractivity contribution is 0.0604. The van der Waals surface area contributed by atoms with E-state index in [9.17, 15) is 4.79 Å². The second kappa shape index (κ2) is 11.3. The lowest BCUT2D eigenvalue weighted by atomic mass is 9.83. The lowest BCUT2D eigenvalue weighted by Crippen LogP contribution is -2.50. The van der Waals surface area contributed by atoms with E-state index in [4.69, 9.17) is 0 Å². The Labute approximate surface area is 191 Å². The molecule has 4 rings (SSSR count). The summed E-state index contributed by atoms with van der Waals surface area (Å²) in [4.78, 5) is 13.1. The van der Waals surface area contributed by atoms with Gasteiger partial charge in [0.05, 0.1) is 6.04 Å². The molecule has 1 aliphatic carbocycles. The first-order valence-electron chi connectivity index (χ1n) is 11.5. The minimum absolute atomic E-state index is 0.0524. The predicted molar refractivity (Wildman–Crippen MR) is 130 cm³/mol. The quantitative estimate of drug-likeness (QED) is 0.400. The lowest BCUT2D eigenvalue weighted by Gasteiger charge is -2.36. The summed E-state index contributed by atoms with van der Waals surface area (Å²) in [5.41, 5.74) is 6.02. The number of benzene rings is 3. The fourth-order valence-electron chi connectivity index (χ4n) is 4.35. The Morgan fingerprint density at radius 3 is 2.09 bits per heavy atom. The summed E-state index contributed by atoms with van der Waals surface area (Å²) in [7, 11) is 0. The molecule has 32 heavy (non-hydrogen) atoms. The van der Waals surface area contributed by atoms with Crippen LogP contribution in [0.4, 0.5) is 0 Å². The molecule has 1 atom stereocenters. The Balaban J connectivity index is 1.65. The van der Waals surface area contributed by atoms with Gasteiger partial charge in [-0.05, 0) is 48.6 Å². The molecule has 1 amide bonds. The molecule has 1 fully saturated rings. The maximum atomic E-state index is 13.1. The Bertz CT molecular complexity index is 1030. The van der Waals surface area contributed by atoms with Crippen LogP contribution in [0.15, 0.2) is 91.0 Å². The Hall–Kier alpha value is -3.35. The molecule has 3 heteroatoms. The summed E-state index contributed by atoms with van der Waals surface area (Å²) in [5, 5.41) is 2.07. The first-order valence-corrected chi connectivity index (χ1v) is 11.5. The normalized spacial score (nSPS) is 14.9. The third kappa shape index (κ3) is 6.09. The standard InChI is InChI=1S/C29H30N2O/c32-29(27-19-11-4-12-20-27)30-31(23-25-15-7-2-8-16-25)28(26-17-9-3-10-18-26)22-21-24-13-5-1-6-14-24/h1-2,4-8,11-16,19-20,26,28H,3,9-10,17-18,23H2,(H,30,32). The van der Waals surface area contributed by atoms with E-state index in [1.165, 1.54) is 19.3 Å². The molecule has 1 saturated carbocycles. The van der Waals surface area contributed by atoms with E-state index in [0.29, 0.717) is 18.0 Å². The van der Waals surface area contributed by atoms with Gasteiger partial charge in [0.2, 0.25) is 0 Å². The van der Waals surface area contributed by atoms with Gasteiger partial charge in [-0.3, -0.25) is 10.2 Å². The number of carbonyl (C=O) groups excluding carboxylic acids is 1. The molecule has 0 spiro atoms. The SMILES string of the molecule is O=C(NN(Cc1ccccc1)C(C#Cc1ccccc1)C1CCCCC1)c1ccccc1. The summed E-state index contributed by atoms with van der Waals surface area (Å²) in [5.74, 6) is 7.26. The van der Waals surface area contributed by atoms with E-state index in [-0.39, 0.29) is 11.9 Å². The summed E-state index contributed by atoms with van der Waals surface area (Å²) in [6.07, 6.45) is 6.01. The van der Waals surface area contributed by atoms with E-state index in [1.54, 1.807) is 0 Å². The molecule has 3 nitrogen and oxygen atoms in total. The summed E-state index contributed by atoms with van der Waals surface area (Å²) >= 11 is 0. The molecule has 0 aliphatic heterocycles. The first kappa shape index (κ1) is 21.9. The number of hydrazine groups is 1. The van der Waals surface area contributed by atoms with Crippen LogP contribution in [0.3, 0.4) is 0 Å². The molecule has 1 unspecified atom stereocenters. The molecule has 3 aromatic carbocycles. The van der Waals surface area contributed by atoms with Crippen LogP contribution in [0.1, 0.15) is 53.6 Å². The highest BCUT2D eigenvalue weighted by molar-refractivity contribution is 5.93. The second-order valence-electron chi connectivity index (χ2n) is 8.40. The number of nitrogens with zero attached hydrogens (tertiary/aromatic N) is 1. The largest absolute Gasteiger partial charge is 0.283 e. The van der Waals surface area contributed by atoms with Gasteiger partial charge in [-0.2, -0.15) is 0 Å². The molecule has 1 aliphatic rings. The summed E-state index contributed by atoms with van der Waals surface area (Å²) < 4.78 is 0. The number of hydrogen-bond acceptors (Lipinski definition) is 2. The molecule has 0 saturated heterocycles. The van der Waals surface area contributed by atoms with Gasteiger partial charge in [0.1, 0.15) is 0 Å². The summed E-state index contributed by atoms with van der Waals surface area (Å²) in [6, 6.07) is 29.8. The predicted octanol–water partition coefficient (Wildman–Crippen LogP) is 5.83. The molecule has 0 heterocycles. The average molecular weight is 423 g/mol. The second-order valence-corrected chi connectivity index (χ2v) is 8.40. The third-order valence-electron chi connectivity index (χ3n) is 6.05. The van der Waals surface area contributed by atoms with Crippen molar-refractivity contribution in [1.29, 1.82) is 0 Å².